The fraction of sp³-hybridized carbons (Fsp3) is 1.00. The van der Waals surface area contributed by atoms with Crippen LogP contribution < -0.4 is 0 Å². The van der Waals surface area contributed by atoms with E-state index >= 15 is 0 Å². The number of rotatable bonds is 15. The third kappa shape index (κ3) is 9.66. The number of aliphatic hydroxyl groups excluding tert-OH is 16. The van der Waals surface area contributed by atoms with Crippen LogP contribution in [0.2, 0.25) is 0 Å². The summed E-state index contributed by atoms with van der Waals surface area (Å²) in [5.41, 5.74) is 0. The van der Waals surface area contributed by atoms with E-state index in [2.05, 4.69) is 0 Å². The quantitative estimate of drug-likeness (QED) is 0.0731. The van der Waals surface area contributed by atoms with Crippen LogP contribution in [0.4, 0.5) is 0 Å². The second kappa shape index (κ2) is 19.7. The summed E-state index contributed by atoms with van der Waals surface area (Å²) >= 11 is 0. The summed E-state index contributed by atoms with van der Waals surface area (Å²) in [7, 11) is 0. The van der Waals surface area contributed by atoms with E-state index in [4.69, 9.17) is 37.9 Å². The maximum absolute atomic E-state index is 11.7. The molecule has 24 atom stereocenters. The molecule has 318 valence electrons. The lowest BCUT2D eigenvalue weighted by molar-refractivity contribution is -0.397. The SMILES string of the molecule is CC1OC(OC(CO)C(OC2OC(CO)C(OC3OC(CO)C(O)C(O)C3O)C(O)C2OC2OC(C)C(O)C(O)C2O)C(O)C(O)CO)C(O)C(O)C1O. The van der Waals surface area contributed by atoms with Crippen LogP contribution in [0.25, 0.3) is 0 Å². The van der Waals surface area contributed by atoms with E-state index in [1.165, 1.54) is 13.8 Å². The summed E-state index contributed by atoms with van der Waals surface area (Å²) in [6, 6.07) is 0. The predicted molar refractivity (Wildman–Crippen MR) is 166 cm³/mol. The van der Waals surface area contributed by atoms with E-state index in [-0.39, 0.29) is 0 Å². The van der Waals surface area contributed by atoms with Gasteiger partial charge in [-0.2, -0.15) is 0 Å². The van der Waals surface area contributed by atoms with E-state index in [0.29, 0.717) is 0 Å². The second-order valence-electron chi connectivity index (χ2n) is 13.7. The van der Waals surface area contributed by atoms with E-state index in [1.807, 2.05) is 0 Å². The maximum Gasteiger partial charge on any atom is 0.187 e. The summed E-state index contributed by atoms with van der Waals surface area (Å²) < 4.78 is 45.1. The Hall–Kier alpha value is -0.960. The molecule has 4 fully saturated rings. The minimum atomic E-state index is -2.22. The molecule has 4 rings (SSSR count). The average molecular weight is 799 g/mol. The first kappa shape index (κ1) is 45.7. The summed E-state index contributed by atoms with van der Waals surface area (Å²) in [4.78, 5) is 0. The molecule has 0 spiro atoms. The number of aliphatic hydroxyl groups is 16. The summed E-state index contributed by atoms with van der Waals surface area (Å²) in [5.74, 6) is 0. The van der Waals surface area contributed by atoms with Crippen molar-refractivity contribution in [3.05, 3.63) is 0 Å². The molecule has 0 amide bonds. The van der Waals surface area contributed by atoms with Crippen molar-refractivity contribution in [2.45, 2.75) is 161 Å². The molecule has 4 heterocycles. The lowest BCUT2D eigenvalue weighted by atomic mass is 9.95. The van der Waals surface area contributed by atoms with Crippen LogP contribution in [0.3, 0.4) is 0 Å². The van der Waals surface area contributed by atoms with E-state index in [1.54, 1.807) is 0 Å². The molecule has 0 bridgehead atoms. The van der Waals surface area contributed by atoms with Crippen molar-refractivity contribution in [3.8, 4) is 0 Å². The highest BCUT2D eigenvalue weighted by Gasteiger charge is 2.55. The van der Waals surface area contributed by atoms with Gasteiger partial charge in [0.1, 0.15) is 110 Å². The fourth-order valence-corrected chi connectivity index (χ4v) is 6.47. The van der Waals surface area contributed by atoms with Crippen LogP contribution in [-0.4, -0.2) is 255 Å². The number of hydrogen-bond donors (Lipinski definition) is 16. The van der Waals surface area contributed by atoms with Crippen LogP contribution >= 0.6 is 0 Å². The second-order valence-corrected chi connectivity index (χ2v) is 13.7. The Balaban J connectivity index is 1.69. The molecule has 0 aromatic rings. The molecule has 24 unspecified atom stereocenters. The Morgan fingerprint density at radius 3 is 1.44 bits per heavy atom. The van der Waals surface area contributed by atoms with Crippen molar-refractivity contribution < 1.29 is 120 Å². The minimum absolute atomic E-state index is 0.859. The van der Waals surface area contributed by atoms with Gasteiger partial charge >= 0.3 is 0 Å². The van der Waals surface area contributed by atoms with E-state index in [0.717, 1.165) is 0 Å². The van der Waals surface area contributed by atoms with E-state index < -0.39 is 174 Å². The van der Waals surface area contributed by atoms with Gasteiger partial charge in [0.15, 0.2) is 25.2 Å². The Labute approximate surface area is 307 Å². The van der Waals surface area contributed by atoms with E-state index in [9.17, 15) is 81.7 Å². The molecule has 24 heteroatoms. The van der Waals surface area contributed by atoms with Crippen molar-refractivity contribution in [2.75, 3.05) is 26.4 Å². The lowest BCUT2D eigenvalue weighted by Crippen LogP contribution is -2.67. The first-order valence-electron chi connectivity index (χ1n) is 17.3. The van der Waals surface area contributed by atoms with Gasteiger partial charge in [-0.1, -0.05) is 0 Å². The van der Waals surface area contributed by atoms with Gasteiger partial charge in [0.05, 0.1) is 38.6 Å². The molecular formula is C30H54O24. The average Bonchev–Trinajstić information content (AvgIpc) is 3.16. The van der Waals surface area contributed by atoms with Crippen molar-refractivity contribution in [1.82, 2.24) is 0 Å². The van der Waals surface area contributed by atoms with Crippen molar-refractivity contribution in [1.29, 1.82) is 0 Å². The Kier molecular flexibility index (Phi) is 16.7. The van der Waals surface area contributed by atoms with Gasteiger partial charge in [0.25, 0.3) is 0 Å². The van der Waals surface area contributed by atoms with Gasteiger partial charge in [0, 0.05) is 0 Å². The van der Waals surface area contributed by atoms with Gasteiger partial charge in [0.2, 0.25) is 0 Å². The van der Waals surface area contributed by atoms with Crippen LogP contribution in [0.1, 0.15) is 13.8 Å². The molecule has 4 saturated heterocycles. The molecular weight excluding hydrogens is 744 g/mol. The van der Waals surface area contributed by atoms with Gasteiger partial charge < -0.3 is 120 Å². The number of ether oxygens (including phenoxy) is 8. The zero-order valence-corrected chi connectivity index (χ0v) is 29.1. The molecule has 24 nitrogen and oxygen atoms in total. The Morgan fingerprint density at radius 1 is 0.463 bits per heavy atom. The predicted octanol–water partition coefficient (Wildman–Crippen LogP) is -10.2. The largest absolute Gasteiger partial charge is 0.394 e. The maximum atomic E-state index is 11.7. The van der Waals surface area contributed by atoms with Gasteiger partial charge in [-0.05, 0) is 13.8 Å². The molecule has 0 saturated carbocycles. The fourth-order valence-electron chi connectivity index (χ4n) is 6.47. The Bertz CT molecular complexity index is 1130. The molecule has 0 aromatic heterocycles. The Morgan fingerprint density at radius 2 is 0.926 bits per heavy atom. The van der Waals surface area contributed by atoms with Crippen LogP contribution in [0.15, 0.2) is 0 Å². The molecule has 4 aliphatic heterocycles. The monoisotopic (exact) mass is 798 g/mol. The summed E-state index contributed by atoms with van der Waals surface area (Å²) in [6.45, 7) is -1.48. The molecule has 0 aromatic carbocycles. The van der Waals surface area contributed by atoms with Gasteiger partial charge in [-0.25, -0.2) is 0 Å². The highest BCUT2D eigenvalue weighted by atomic mass is 16.8. The standard InChI is InChI=1S/C30H54O24/c1-7-13(36)17(40)20(43)27(47-7)50-11(5-33)24(15(38)9(35)3-31)53-30-26(54-28-21(44)18(41)14(37)8(2)48-28)23(46)25(12(6-34)51-30)52-29-22(45)19(42)16(39)10(4-32)49-29/h7-46H,3-6H2,1-2H3. The van der Waals surface area contributed by atoms with Crippen molar-refractivity contribution in [3.63, 3.8) is 0 Å². The molecule has 0 radical (unpaired) electrons. The van der Waals surface area contributed by atoms with Crippen LogP contribution in [0, 0.1) is 0 Å². The van der Waals surface area contributed by atoms with Gasteiger partial charge in [-0.3, -0.25) is 0 Å². The zero-order chi connectivity index (χ0) is 40.3. The summed E-state index contributed by atoms with van der Waals surface area (Å²) in [5, 5.41) is 166. The minimum Gasteiger partial charge on any atom is -0.394 e. The lowest BCUT2D eigenvalue weighted by Gasteiger charge is -2.49. The van der Waals surface area contributed by atoms with Crippen LogP contribution in [-0.2, 0) is 37.9 Å². The molecule has 4 aliphatic rings. The third-order valence-electron chi connectivity index (χ3n) is 9.91. The topological polar surface area (TPSA) is 398 Å². The smallest absolute Gasteiger partial charge is 0.187 e. The van der Waals surface area contributed by atoms with Crippen LogP contribution in [0.5, 0.6) is 0 Å². The third-order valence-corrected chi connectivity index (χ3v) is 9.91. The molecule has 54 heavy (non-hydrogen) atoms. The first-order chi connectivity index (χ1) is 25.4. The van der Waals surface area contributed by atoms with Gasteiger partial charge in [-0.15, -0.1) is 0 Å². The van der Waals surface area contributed by atoms with Crippen molar-refractivity contribution in [2.24, 2.45) is 0 Å². The first-order valence-corrected chi connectivity index (χ1v) is 17.3. The molecule has 0 aliphatic carbocycles. The normalized spacial score (nSPS) is 48.6. The highest BCUT2D eigenvalue weighted by Crippen LogP contribution is 2.35. The summed E-state index contributed by atoms with van der Waals surface area (Å²) in [6.07, 6.45) is -44.0. The van der Waals surface area contributed by atoms with Crippen molar-refractivity contribution >= 4 is 0 Å². The molecule has 16 N–H and O–H groups in total. The number of hydrogen-bond acceptors (Lipinski definition) is 24. The highest BCUT2D eigenvalue weighted by molar-refractivity contribution is 4.98. The zero-order valence-electron chi connectivity index (χ0n) is 29.1.